The molecule has 0 aliphatic heterocycles. The number of hydrogen-bond acceptors (Lipinski definition) is 2. The molecule has 2 heteroatoms. The van der Waals surface area contributed by atoms with E-state index in [1.54, 1.807) is 19.1 Å². The highest BCUT2D eigenvalue weighted by atomic mass is 16.1. The van der Waals surface area contributed by atoms with Gasteiger partial charge in [-0.1, -0.05) is 82.2 Å². The normalized spacial score (nSPS) is 17.4. The molecule has 1 aliphatic carbocycles. The van der Waals surface area contributed by atoms with E-state index in [0.29, 0.717) is 5.92 Å². The monoisotopic (exact) mass is 474 g/mol. The van der Waals surface area contributed by atoms with Crippen molar-refractivity contribution in [3.05, 3.63) is 81.9 Å². The zero-order valence-corrected chi connectivity index (χ0v) is 23.3. The van der Waals surface area contributed by atoms with E-state index in [4.69, 9.17) is 0 Å². The lowest BCUT2D eigenvalue weighted by Gasteiger charge is -2.25. The minimum Gasteiger partial charge on any atom is -0.295 e. The molecule has 0 bridgehead atoms. The van der Waals surface area contributed by atoms with Crippen molar-refractivity contribution < 1.29 is 9.59 Å². The third-order valence-electron chi connectivity index (χ3n) is 6.57. The maximum atomic E-state index is 12.1. The van der Waals surface area contributed by atoms with E-state index in [0.717, 1.165) is 23.5 Å². The predicted molar refractivity (Wildman–Crippen MR) is 153 cm³/mol. The van der Waals surface area contributed by atoms with Crippen LogP contribution in [0, 0.1) is 39.5 Å². The van der Waals surface area contributed by atoms with Crippen LogP contribution in [0.15, 0.2) is 48.6 Å². The van der Waals surface area contributed by atoms with Gasteiger partial charge in [0.25, 0.3) is 0 Å². The van der Waals surface area contributed by atoms with Crippen LogP contribution in [0.4, 0.5) is 0 Å². The van der Waals surface area contributed by atoms with E-state index in [1.165, 1.54) is 47.9 Å². The summed E-state index contributed by atoms with van der Waals surface area (Å²) in [5, 5.41) is 0. The van der Waals surface area contributed by atoms with Crippen LogP contribution in [0.3, 0.4) is 0 Å². The molecule has 0 aromatic heterocycles. The molecule has 0 heterocycles. The zero-order valence-electron chi connectivity index (χ0n) is 23.3. The fourth-order valence-corrected chi connectivity index (χ4v) is 4.24. The molecule has 1 aliphatic rings. The Morgan fingerprint density at radius 1 is 0.800 bits per heavy atom. The van der Waals surface area contributed by atoms with Crippen LogP contribution < -0.4 is 0 Å². The Balaban J connectivity index is 0.000000354. The van der Waals surface area contributed by atoms with Crippen LogP contribution in [0.2, 0.25) is 0 Å². The maximum Gasteiger partial charge on any atom is 0.155 e. The lowest BCUT2D eigenvalue weighted by atomic mass is 9.80. The molecule has 0 spiro atoms. The van der Waals surface area contributed by atoms with Gasteiger partial charge in [0.05, 0.1) is 0 Å². The zero-order chi connectivity index (χ0) is 26.4. The van der Waals surface area contributed by atoms with E-state index in [-0.39, 0.29) is 11.6 Å². The van der Waals surface area contributed by atoms with Crippen LogP contribution in [-0.2, 0) is 9.59 Å². The van der Waals surface area contributed by atoms with Crippen LogP contribution in [0.5, 0.6) is 0 Å². The Labute approximate surface area is 214 Å². The standard InChI is InChI=1S/C19H26O.C12H14O.C2H6/c1-14-5-4-6-18(11-14)13-19(20)10-9-17-8-7-15(2)16(3)12-17;1-9-4-6-12(8-10(9)2)7-5-11(3)13;1-2/h7-10,12,14,18H,4-6,11,13H2,1-3H3;4-8H,1-3H3;1-2H3/b10-9+;7-5+;. The maximum absolute atomic E-state index is 12.1. The van der Waals surface area contributed by atoms with Gasteiger partial charge in [0, 0.05) is 6.42 Å². The van der Waals surface area contributed by atoms with Crippen molar-refractivity contribution in [2.24, 2.45) is 11.8 Å². The van der Waals surface area contributed by atoms with Crippen molar-refractivity contribution in [1.82, 2.24) is 0 Å². The highest BCUT2D eigenvalue weighted by Gasteiger charge is 2.20. The first kappa shape index (κ1) is 30.3. The molecule has 0 N–H and O–H groups in total. The fourth-order valence-electron chi connectivity index (χ4n) is 4.24. The second kappa shape index (κ2) is 16.0. The minimum atomic E-state index is 0.0817. The lowest BCUT2D eigenvalue weighted by molar-refractivity contribution is -0.115. The molecular weight excluding hydrogens is 428 g/mol. The second-order valence-electron chi connectivity index (χ2n) is 9.77. The minimum absolute atomic E-state index is 0.0817. The molecule has 190 valence electrons. The summed E-state index contributed by atoms with van der Waals surface area (Å²) in [6, 6.07) is 12.5. The smallest absolute Gasteiger partial charge is 0.155 e. The number of ketones is 2. The van der Waals surface area contributed by atoms with Gasteiger partial charge in [-0.25, -0.2) is 0 Å². The molecule has 1 fully saturated rings. The molecular formula is C33H46O2. The van der Waals surface area contributed by atoms with Crippen LogP contribution in [-0.4, -0.2) is 11.6 Å². The molecule has 35 heavy (non-hydrogen) atoms. The van der Waals surface area contributed by atoms with Gasteiger partial charge in [-0.3, -0.25) is 9.59 Å². The number of carbonyl (C=O) groups is 2. The number of carbonyl (C=O) groups excluding carboxylic acids is 2. The molecule has 2 aromatic rings. The molecule has 2 unspecified atom stereocenters. The van der Waals surface area contributed by atoms with Gasteiger partial charge in [0.2, 0.25) is 0 Å². The molecule has 2 nitrogen and oxygen atoms in total. The summed E-state index contributed by atoms with van der Waals surface area (Å²) in [6.45, 7) is 16.2. The van der Waals surface area contributed by atoms with E-state index in [2.05, 4.69) is 65.0 Å². The highest BCUT2D eigenvalue weighted by molar-refractivity contribution is 5.93. The third kappa shape index (κ3) is 12.0. The van der Waals surface area contributed by atoms with E-state index < -0.39 is 0 Å². The first-order chi connectivity index (χ1) is 16.6. The van der Waals surface area contributed by atoms with E-state index >= 15 is 0 Å². The molecule has 0 amide bonds. The largest absolute Gasteiger partial charge is 0.295 e. The summed E-state index contributed by atoms with van der Waals surface area (Å²) in [6.07, 6.45) is 13.0. The number of hydrogen-bond donors (Lipinski definition) is 0. The summed E-state index contributed by atoms with van der Waals surface area (Å²) in [7, 11) is 0. The Kier molecular flexibility index (Phi) is 13.9. The number of rotatable bonds is 6. The molecule has 3 rings (SSSR count). The quantitative estimate of drug-likeness (QED) is 0.391. The van der Waals surface area contributed by atoms with Gasteiger partial charge in [0.15, 0.2) is 11.6 Å². The van der Waals surface area contributed by atoms with Crippen molar-refractivity contribution in [2.75, 3.05) is 0 Å². The Morgan fingerprint density at radius 3 is 1.77 bits per heavy atom. The molecule has 1 saturated carbocycles. The van der Waals surface area contributed by atoms with Gasteiger partial charge in [-0.05, 0) is 105 Å². The Morgan fingerprint density at radius 2 is 1.31 bits per heavy atom. The van der Waals surface area contributed by atoms with Crippen LogP contribution in [0.25, 0.3) is 12.2 Å². The average molecular weight is 475 g/mol. The predicted octanol–water partition coefficient (Wildman–Crippen LogP) is 9.03. The Hall–Kier alpha value is -2.74. The van der Waals surface area contributed by atoms with E-state index in [9.17, 15) is 9.59 Å². The highest BCUT2D eigenvalue weighted by Crippen LogP contribution is 2.30. The molecule has 0 saturated heterocycles. The van der Waals surface area contributed by atoms with Gasteiger partial charge in [0.1, 0.15) is 0 Å². The number of allylic oxidation sites excluding steroid dienone is 2. The summed E-state index contributed by atoms with van der Waals surface area (Å²) < 4.78 is 0. The SMILES string of the molecule is CC.CC(=O)/C=C/c1ccc(C)c(C)c1.Cc1ccc(/C=C/C(=O)CC2CCCC(C)C2)cc1C. The Bertz CT molecular complexity index is 1010. The van der Waals surface area contributed by atoms with Gasteiger partial charge in [-0.2, -0.15) is 0 Å². The topological polar surface area (TPSA) is 34.1 Å². The summed E-state index contributed by atoms with van der Waals surface area (Å²) in [5.74, 6) is 1.77. The summed E-state index contributed by atoms with van der Waals surface area (Å²) in [4.78, 5) is 22.7. The average Bonchev–Trinajstić information content (AvgIpc) is 2.82. The van der Waals surface area contributed by atoms with Gasteiger partial charge in [-0.15, -0.1) is 0 Å². The number of benzene rings is 2. The van der Waals surface area contributed by atoms with Crippen molar-refractivity contribution >= 4 is 23.7 Å². The van der Waals surface area contributed by atoms with Crippen molar-refractivity contribution in [1.29, 1.82) is 0 Å². The van der Waals surface area contributed by atoms with Crippen LogP contribution >= 0.6 is 0 Å². The van der Waals surface area contributed by atoms with Gasteiger partial charge < -0.3 is 0 Å². The van der Waals surface area contributed by atoms with Crippen molar-refractivity contribution in [3.63, 3.8) is 0 Å². The summed E-state index contributed by atoms with van der Waals surface area (Å²) >= 11 is 0. The van der Waals surface area contributed by atoms with Crippen molar-refractivity contribution in [2.45, 2.75) is 87.5 Å². The van der Waals surface area contributed by atoms with E-state index in [1.807, 2.05) is 32.1 Å². The molecule has 2 atom stereocenters. The third-order valence-corrected chi connectivity index (χ3v) is 6.57. The first-order valence-electron chi connectivity index (χ1n) is 13.2. The van der Waals surface area contributed by atoms with Crippen molar-refractivity contribution in [3.8, 4) is 0 Å². The lowest BCUT2D eigenvalue weighted by Crippen LogP contribution is -2.15. The summed E-state index contributed by atoms with van der Waals surface area (Å²) in [5.41, 5.74) is 7.31. The van der Waals surface area contributed by atoms with Gasteiger partial charge >= 0.3 is 0 Å². The molecule has 2 aromatic carbocycles. The first-order valence-corrected chi connectivity index (χ1v) is 13.2. The van der Waals surface area contributed by atoms with Crippen LogP contribution in [0.1, 0.15) is 93.2 Å². The molecule has 0 radical (unpaired) electrons. The second-order valence-corrected chi connectivity index (χ2v) is 9.77. The number of aryl methyl sites for hydroxylation is 4. The fraction of sp³-hybridized carbons (Fsp3) is 0.455.